The Morgan fingerprint density at radius 2 is 1.35 bits per heavy atom. The quantitative estimate of drug-likeness (QED) is 0.790. The van der Waals surface area contributed by atoms with E-state index in [2.05, 4.69) is 22.3 Å². The Bertz CT molecular complexity index is 778. The smallest absolute Gasteiger partial charge is 0.358 e. The van der Waals surface area contributed by atoms with Gasteiger partial charge >= 0.3 is 11.9 Å². The van der Waals surface area contributed by atoms with E-state index in [0.717, 1.165) is 17.5 Å². The summed E-state index contributed by atoms with van der Waals surface area (Å²) in [6, 6.07) is 8.07. The molecule has 1 aromatic carbocycles. The van der Waals surface area contributed by atoms with Crippen molar-refractivity contribution >= 4 is 11.9 Å². The van der Waals surface area contributed by atoms with Gasteiger partial charge in [0.05, 0.1) is 14.2 Å². The topological polar surface area (TPSA) is 78.4 Å². The lowest BCUT2D eigenvalue weighted by Crippen LogP contribution is -2.20. The Labute approximate surface area is 132 Å². The van der Waals surface area contributed by atoms with Gasteiger partial charge in [-0.05, 0) is 17.5 Å². The van der Waals surface area contributed by atoms with Crippen LogP contribution in [0.3, 0.4) is 0 Å². The molecule has 2 aliphatic rings. The van der Waals surface area contributed by atoms with Crippen molar-refractivity contribution in [3.05, 3.63) is 57.9 Å². The number of nitrogens with zero attached hydrogens (tertiary/aromatic N) is 2. The normalized spacial score (nSPS) is 19.9. The Balaban J connectivity index is 1.99. The van der Waals surface area contributed by atoms with Crippen LogP contribution < -0.4 is 0 Å². The van der Waals surface area contributed by atoms with Crippen molar-refractivity contribution in [2.24, 2.45) is 0 Å². The molecule has 2 aromatic rings. The molecule has 2 bridgehead atoms. The Kier molecular flexibility index (Phi) is 2.94. The fraction of sp³-hybridized carbons (Fsp3) is 0.294. The van der Waals surface area contributed by atoms with Gasteiger partial charge < -0.3 is 9.47 Å². The first-order valence-electron chi connectivity index (χ1n) is 7.33. The van der Waals surface area contributed by atoms with Crippen molar-refractivity contribution in [2.75, 3.05) is 14.2 Å². The number of fused-ring (bicyclic) bond motifs is 8. The van der Waals surface area contributed by atoms with E-state index in [1.807, 2.05) is 12.1 Å². The number of benzene rings is 1. The van der Waals surface area contributed by atoms with Crippen LogP contribution in [-0.2, 0) is 9.47 Å². The fourth-order valence-electron chi connectivity index (χ4n) is 3.85. The van der Waals surface area contributed by atoms with E-state index in [1.165, 1.54) is 25.3 Å². The molecule has 0 amide bonds. The number of aromatic nitrogens is 2. The van der Waals surface area contributed by atoms with Gasteiger partial charge in [0.2, 0.25) is 0 Å². The van der Waals surface area contributed by atoms with Crippen molar-refractivity contribution in [3.8, 4) is 0 Å². The predicted molar refractivity (Wildman–Crippen MR) is 79.5 cm³/mol. The summed E-state index contributed by atoms with van der Waals surface area (Å²) in [5.41, 5.74) is 4.26. The molecular formula is C17H14N2O4. The Morgan fingerprint density at radius 3 is 1.74 bits per heavy atom. The molecule has 2 aliphatic carbocycles. The van der Waals surface area contributed by atoms with Gasteiger partial charge in [-0.1, -0.05) is 24.3 Å². The first-order valence-corrected chi connectivity index (χ1v) is 7.33. The molecule has 0 aliphatic heterocycles. The van der Waals surface area contributed by atoms with E-state index >= 15 is 0 Å². The molecule has 23 heavy (non-hydrogen) atoms. The molecule has 1 heterocycles. The number of ether oxygens (including phenoxy) is 2. The SMILES string of the molecule is COC(=O)c1nnc(C(=O)OC)c2c1C1CC2c2ccccc21. The highest BCUT2D eigenvalue weighted by Gasteiger charge is 2.47. The fourth-order valence-corrected chi connectivity index (χ4v) is 3.85. The summed E-state index contributed by atoms with van der Waals surface area (Å²) >= 11 is 0. The van der Waals surface area contributed by atoms with Gasteiger partial charge in [-0.15, -0.1) is 10.2 Å². The Morgan fingerprint density at radius 1 is 0.913 bits per heavy atom. The zero-order chi connectivity index (χ0) is 16.1. The van der Waals surface area contributed by atoms with Crippen LogP contribution in [0.4, 0.5) is 0 Å². The maximum absolute atomic E-state index is 12.1. The van der Waals surface area contributed by atoms with Gasteiger partial charge in [0.15, 0.2) is 11.4 Å². The minimum atomic E-state index is -0.532. The standard InChI is InChI=1S/C17H14N2O4/c1-22-16(20)14-12-10-7-11(9-6-4-3-5-8(9)10)13(12)15(19-18-14)17(21)23-2/h3-6,10-11H,7H2,1-2H3. The van der Waals surface area contributed by atoms with Crippen molar-refractivity contribution in [2.45, 2.75) is 18.3 Å². The molecular weight excluding hydrogens is 296 g/mol. The second-order valence-corrected chi connectivity index (χ2v) is 5.68. The average molecular weight is 310 g/mol. The van der Waals surface area contributed by atoms with Crippen LogP contribution in [0.5, 0.6) is 0 Å². The maximum atomic E-state index is 12.1. The zero-order valence-corrected chi connectivity index (χ0v) is 12.7. The summed E-state index contributed by atoms with van der Waals surface area (Å²) < 4.78 is 9.65. The van der Waals surface area contributed by atoms with Crippen LogP contribution in [0.25, 0.3) is 0 Å². The van der Waals surface area contributed by atoms with Crippen LogP contribution in [0, 0.1) is 0 Å². The average Bonchev–Trinajstić information content (AvgIpc) is 3.17. The van der Waals surface area contributed by atoms with E-state index < -0.39 is 11.9 Å². The van der Waals surface area contributed by atoms with Gasteiger partial charge in [-0.3, -0.25) is 0 Å². The van der Waals surface area contributed by atoms with Crippen LogP contribution in [-0.4, -0.2) is 36.4 Å². The third kappa shape index (κ3) is 1.75. The van der Waals surface area contributed by atoms with E-state index in [0.29, 0.717) is 0 Å². The van der Waals surface area contributed by atoms with Crippen LogP contribution in [0.2, 0.25) is 0 Å². The summed E-state index contributed by atoms with van der Waals surface area (Å²) in [4.78, 5) is 24.1. The summed E-state index contributed by atoms with van der Waals surface area (Å²) in [7, 11) is 2.62. The predicted octanol–water partition coefficient (Wildman–Crippen LogP) is 2.03. The minimum Gasteiger partial charge on any atom is -0.464 e. The molecule has 0 fully saturated rings. The van der Waals surface area contributed by atoms with Crippen LogP contribution >= 0.6 is 0 Å². The third-order valence-electron chi connectivity index (χ3n) is 4.72. The van der Waals surface area contributed by atoms with Gasteiger partial charge in [0.25, 0.3) is 0 Å². The second-order valence-electron chi connectivity index (χ2n) is 5.68. The molecule has 0 spiro atoms. The summed E-state index contributed by atoms with van der Waals surface area (Å²) in [6.45, 7) is 0. The summed E-state index contributed by atoms with van der Waals surface area (Å²) in [5.74, 6) is -0.983. The number of hydrogen-bond acceptors (Lipinski definition) is 6. The number of carbonyl (C=O) groups is 2. The number of hydrogen-bond donors (Lipinski definition) is 0. The highest BCUT2D eigenvalue weighted by molar-refractivity contribution is 5.95. The molecule has 2 unspecified atom stereocenters. The molecule has 6 heteroatoms. The van der Waals surface area contributed by atoms with Crippen molar-refractivity contribution in [3.63, 3.8) is 0 Å². The summed E-state index contributed by atoms with van der Waals surface area (Å²) in [6.07, 6.45) is 0.816. The molecule has 4 rings (SSSR count). The zero-order valence-electron chi connectivity index (χ0n) is 12.7. The van der Waals surface area contributed by atoms with Crippen molar-refractivity contribution in [1.82, 2.24) is 10.2 Å². The van der Waals surface area contributed by atoms with E-state index in [9.17, 15) is 9.59 Å². The molecule has 0 saturated carbocycles. The third-order valence-corrected chi connectivity index (χ3v) is 4.72. The van der Waals surface area contributed by atoms with Gasteiger partial charge in [0.1, 0.15) is 0 Å². The lowest BCUT2D eigenvalue weighted by atomic mass is 9.84. The minimum absolute atomic E-state index is 0.0409. The molecule has 1 aromatic heterocycles. The van der Waals surface area contributed by atoms with E-state index in [-0.39, 0.29) is 23.2 Å². The summed E-state index contributed by atoms with van der Waals surface area (Å²) in [5, 5.41) is 7.91. The first-order chi connectivity index (χ1) is 11.2. The monoisotopic (exact) mass is 310 g/mol. The number of carbonyl (C=O) groups excluding carboxylic acids is 2. The molecule has 2 atom stereocenters. The molecule has 6 nitrogen and oxygen atoms in total. The highest BCUT2D eigenvalue weighted by Crippen LogP contribution is 2.57. The van der Waals surface area contributed by atoms with Gasteiger partial charge in [-0.2, -0.15) is 0 Å². The lowest BCUT2D eigenvalue weighted by Gasteiger charge is -2.21. The van der Waals surface area contributed by atoms with Crippen molar-refractivity contribution in [1.29, 1.82) is 0 Å². The van der Waals surface area contributed by atoms with Crippen molar-refractivity contribution < 1.29 is 19.1 Å². The molecule has 116 valence electrons. The number of methoxy groups -OCH3 is 2. The molecule has 0 N–H and O–H groups in total. The van der Waals surface area contributed by atoms with Gasteiger partial charge in [-0.25, -0.2) is 9.59 Å². The second kappa shape index (κ2) is 4.87. The number of esters is 2. The largest absolute Gasteiger partial charge is 0.464 e. The van der Waals surface area contributed by atoms with E-state index in [1.54, 1.807) is 0 Å². The highest BCUT2D eigenvalue weighted by atomic mass is 16.5. The Hall–Kier alpha value is -2.76. The van der Waals surface area contributed by atoms with Crippen LogP contribution in [0.15, 0.2) is 24.3 Å². The van der Waals surface area contributed by atoms with Crippen LogP contribution in [0.1, 0.15) is 61.5 Å². The number of rotatable bonds is 2. The van der Waals surface area contributed by atoms with Gasteiger partial charge in [0, 0.05) is 23.0 Å². The first kappa shape index (κ1) is 13.9. The van der Waals surface area contributed by atoms with E-state index in [4.69, 9.17) is 9.47 Å². The maximum Gasteiger partial charge on any atom is 0.358 e. The lowest BCUT2D eigenvalue weighted by molar-refractivity contribution is 0.0571. The molecule has 0 saturated heterocycles. The molecule has 0 radical (unpaired) electrons.